The Hall–Kier alpha value is -1.39. The van der Waals surface area contributed by atoms with Crippen LogP contribution in [0, 0.1) is 5.92 Å². The summed E-state index contributed by atoms with van der Waals surface area (Å²) in [6.07, 6.45) is 0.351. The molecule has 1 aliphatic heterocycles. The van der Waals surface area contributed by atoms with Crippen LogP contribution in [0.2, 0.25) is 0 Å². The molecule has 0 aromatic rings. The van der Waals surface area contributed by atoms with Crippen LogP contribution in [0.1, 0.15) is 34.1 Å². The minimum Gasteiger partial charge on any atom is -0.319 e. The molecule has 0 bridgehead atoms. The van der Waals surface area contributed by atoms with Crippen LogP contribution < -0.4 is 5.32 Å². The second-order valence-electron chi connectivity index (χ2n) is 5.01. The van der Waals surface area contributed by atoms with E-state index in [4.69, 9.17) is 0 Å². The fourth-order valence-electron chi connectivity index (χ4n) is 1.64. The maximum absolute atomic E-state index is 11.9. The molecular weight excluding hydrogens is 208 g/mol. The van der Waals surface area contributed by atoms with Gasteiger partial charge in [-0.1, -0.05) is 13.8 Å². The highest BCUT2D eigenvalue weighted by atomic mass is 16.2. The zero-order valence-electron chi connectivity index (χ0n) is 10.2. The Kier molecular flexibility index (Phi) is 3.35. The quantitative estimate of drug-likeness (QED) is 0.688. The minimum atomic E-state index is -0.945. The molecule has 0 aromatic heterocycles. The van der Waals surface area contributed by atoms with E-state index >= 15 is 0 Å². The van der Waals surface area contributed by atoms with E-state index in [9.17, 15) is 14.4 Å². The highest BCUT2D eigenvalue weighted by Gasteiger charge is 2.43. The monoisotopic (exact) mass is 226 g/mol. The van der Waals surface area contributed by atoms with Crippen LogP contribution in [0.4, 0.5) is 0 Å². The fourth-order valence-corrected chi connectivity index (χ4v) is 1.64. The largest absolute Gasteiger partial charge is 0.319 e. The molecule has 16 heavy (non-hydrogen) atoms. The van der Waals surface area contributed by atoms with Gasteiger partial charge < -0.3 is 4.90 Å². The molecule has 0 atom stereocenters. The summed E-state index contributed by atoms with van der Waals surface area (Å²) < 4.78 is 0. The summed E-state index contributed by atoms with van der Waals surface area (Å²) in [5.74, 6) is -0.770. The number of carbonyl (C=O) groups excluding carboxylic acids is 3. The third-order valence-electron chi connectivity index (χ3n) is 2.67. The van der Waals surface area contributed by atoms with E-state index in [2.05, 4.69) is 5.32 Å². The highest BCUT2D eigenvalue weighted by molar-refractivity contribution is 6.06. The third-order valence-corrected chi connectivity index (χ3v) is 2.67. The molecule has 1 rings (SSSR count). The van der Waals surface area contributed by atoms with Crippen molar-refractivity contribution < 1.29 is 14.4 Å². The summed E-state index contributed by atoms with van der Waals surface area (Å²) in [5, 5.41) is 2.24. The van der Waals surface area contributed by atoms with Gasteiger partial charge in [0.25, 0.3) is 5.91 Å². The molecule has 0 spiro atoms. The van der Waals surface area contributed by atoms with Gasteiger partial charge >= 0.3 is 0 Å². The van der Waals surface area contributed by atoms with E-state index in [0.29, 0.717) is 6.42 Å². The van der Waals surface area contributed by atoms with Crippen LogP contribution in [-0.2, 0) is 14.4 Å². The molecule has 0 radical (unpaired) electrons. The fraction of sp³-hybridized carbons (Fsp3) is 0.727. The van der Waals surface area contributed by atoms with Crippen LogP contribution in [0.25, 0.3) is 0 Å². The Morgan fingerprint density at radius 3 is 2.50 bits per heavy atom. The standard InChI is InChI=1S/C11H18N2O3/c1-7(2)5-9(15)13-6-8(14)12-10(16)11(13,3)4/h7H,5-6H2,1-4H3,(H,12,14,16). The topological polar surface area (TPSA) is 66.5 Å². The summed E-state index contributed by atoms with van der Waals surface area (Å²) in [5.41, 5.74) is -0.945. The Balaban J connectivity index is 2.87. The van der Waals surface area contributed by atoms with Crippen molar-refractivity contribution in [3.8, 4) is 0 Å². The second-order valence-corrected chi connectivity index (χ2v) is 5.01. The number of hydrogen-bond donors (Lipinski definition) is 1. The van der Waals surface area contributed by atoms with Gasteiger partial charge in [0.2, 0.25) is 11.8 Å². The van der Waals surface area contributed by atoms with E-state index in [1.807, 2.05) is 13.8 Å². The molecular formula is C11H18N2O3. The third kappa shape index (κ3) is 2.40. The zero-order chi connectivity index (χ0) is 12.5. The van der Waals surface area contributed by atoms with E-state index in [1.165, 1.54) is 4.90 Å². The summed E-state index contributed by atoms with van der Waals surface area (Å²) in [6.45, 7) is 7.11. The van der Waals surface area contributed by atoms with Crippen molar-refractivity contribution in [3.63, 3.8) is 0 Å². The average Bonchev–Trinajstić information content (AvgIpc) is 2.10. The van der Waals surface area contributed by atoms with Gasteiger partial charge in [0.15, 0.2) is 0 Å². The van der Waals surface area contributed by atoms with E-state index in [-0.39, 0.29) is 18.4 Å². The zero-order valence-corrected chi connectivity index (χ0v) is 10.2. The number of imide groups is 1. The molecule has 0 saturated carbocycles. The first-order chi connectivity index (χ1) is 7.25. The van der Waals surface area contributed by atoms with Gasteiger partial charge in [0.1, 0.15) is 12.1 Å². The lowest BCUT2D eigenvalue weighted by atomic mass is 9.97. The Morgan fingerprint density at radius 1 is 1.44 bits per heavy atom. The summed E-state index contributed by atoms with van der Waals surface area (Å²) in [6, 6.07) is 0. The molecule has 5 heteroatoms. The highest BCUT2D eigenvalue weighted by Crippen LogP contribution is 2.20. The first kappa shape index (κ1) is 12.7. The van der Waals surface area contributed by atoms with Crippen molar-refractivity contribution >= 4 is 17.7 Å². The number of rotatable bonds is 2. The summed E-state index contributed by atoms with van der Waals surface area (Å²) in [7, 11) is 0. The molecule has 1 fully saturated rings. The molecule has 1 heterocycles. The minimum absolute atomic E-state index is 0.0374. The van der Waals surface area contributed by atoms with Gasteiger partial charge in [-0.3, -0.25) is 19.7 Å². The number of piperazine rings is 1. The Bertz CT molecular complexity index is 334. The number of amides is 3. The van der Waals surface area contributed by atoms with Gasteiger partial charge in [-0.05, 0) is 19.8 Å². The van der Waals surface area contributed by atoms with Gasteiger partial charge in [-0.2, -0.15) is 0 Å². The molecule has 1 N–H and O–H groups in total. The van der Waals surface area contributed by atoms with Crippen molar-refractivity contribution in [2.45, 2.75) is 39.7 Å². The van der Waals surface area contributed by atoms with Crippen LogP contribution in [0.3, 0.4) is 0 Å². The number of hydrogen-bond acceptors (Lipinski definition) is 3. The number of carbonyl (C=O) groups is 3. The molecule has 0 unspecified atom stereocenters. The van der Waals surface area contributed by atoms with Gasteiger partial charge in [0, 0.05) is 6.42 Å². The first-order valence-corrected chi connectivity index (χ1v) is 5.40. The summed E-state index contributed by atoms with van der Waals surface area (Å²) in [4.78, 5) is 36.1. The SMILES string of the molecule is CC(C)CC(=O)N1CC(=O)NC(=O)C1(C)C. The van der Waals surface area contributed by atoms with Crippen molar-refractivity contribution in [2.75, 3.05) is 6.54 Å². The van der Waals surface area contributed by atoms with Crippen LogP contribution in [0.15, 0.2) is 0 Å². The number of nitrogens with zero attached hydrogens (tertiary/aromatic N) is 1. The molecule has 5 nitrogen and oxygen atoms in total. The van der Waals surface area contributed by atoms with Crippen LogP contribution in [0.5, 0.6) is 0 Å². The average molecular weight is 226 g/mol. The van der Waals surface area contributed by atoms with Crippen LogP contribution in [-0.4, -0.2) is 34.7 Å². The maximum Gasteiger partial charge on any atom is 0.252 e. The molecule has 90 valence electrons. The molecule has 0 aliphatic carbocycles. The van der Waals surface area contributed by atoms with Gasteiger partial charge in [-0.15, -0.1) is 0 Å². The molecule has 1 aliphatic rings. The van der Waals surface area contributed by atoms with Crippen molar-refractivity contribution in [3.05, 3.63) is 0 Å². The smallest absolute Gasteiger partial charge is 0.252 e. The normalized spacial score (nSPS) is 19.9. The van der Waals surface area contributed by atoms with Crippen LogP contribution >= 0.6 is 0 Å². The van der Waals surface area contributed by atoms with E-state index < -0.39 is 17.4 Å². The molecule has 0 aromatic carbocycles. The Labute approximate surface area is 95.2 Å². The van der Waals surface area contributed by atoms with Crippen molar-refractivity contribution in [1.29, 1.82) is 0 Å². The molecule has 1 saturated heterocycles. The maximum atomic E-state index is 11.9. The first-order valence-electron chi connectivity index (χ1n) is 5.40. The Morgan fingerprint density at radius 2 is 2.00 bits per heavy atom. The van der Waals surface area contributed by atoms with E-state index in [0.717, 1.165) is 0 Å². The lowest BCUT2D eigenvalue weighted by molar-refractivity contribution is -0.155. The predicted octanol–water partition coefficient (Wildman–Crippen LogP) is 0.296. The number of nitrogens with one attached hydrogen (secondary N) is 1. The molecule has 3 amide bonds. The summed E-state index contributed by atoms with van der Waals surface area (Å²) >= 11 is 0. The van der Waals surface area contributed by atoms with Crippen molar-refractivity contribution in [1.82, 2.24) is 10.2 Å². The van der Waals surface area contributed by atoms with Gasteiger partial charge in [-0.25, -0.2) is 0 Å². The van der Waals surface area contributed by atoms with E-state index in [1.54, 1.807) is 13.8 Å². The lowest BCUT2D eigenvalue weighted by Crippen LogP contribution is -2.65. The van der Waals surface area contributed by atoms with Crippen molar-refractivity contribution in [2.24, 2.45) is 5.92 Å². The van der Waals surface area contributed by atoms with Gasteiger partial charge in [0.05, 0.1) is 0 Å². The lowest BCUT2D eigenvalue weighted by Gasteiger charge is -2.40. The predicted molar refractivity (Wildman–Crippen MR) is 58.4 cm³/mol. The second kappa shape index (κ2) is 4.23.